The predicted octanol–water partition coefficient (Wildman–Crippen LogP) is 2.25. The van der Waals surface area contributed by atoms with Gasteiger partial charge in [-0.15, -0.1) is 0 Å². The Morgan fingerprint density at radius 3 is 2.36 bits per heavy atom. The molecule has 6 nitrogen and oxygen atoms in total. The molecule has 0 fully saturated rings. The maximum Gasteiger partial charge on any atom is 0.321 e. The molecule has 1 unspecified atom stereocenters. The minimum atomic E-state index is -0.582. The van der Waals surface area contributed by atoms with Gasteiger partial charge in [-0.05, 0) is 30.0 Å². The summed E-state index contributed by atoms with van der Waals surface area (Å²) in [7, 11) is 3.03. The first-order valence-electron chi connectivity index (χ1n) is 7.16. The lowest BCUT2D eigenvalue weighted by Gasteiger charge is -2.23. The number of benzene rings is 1. The number of ether oxygens (including phenoxy) is 1. The first kappa shape index (κ1) is 17.8. The Hall–Kier alpha value is -2.24. The van der Waals surface area contributed by atoms with Crippen LogP contribution < -0.4 is 20.7 Å². The van der Waals surface area contributed by atoms with Crippen LogP contribution >= 0.6 is 0 Å². The predicted molar refractivity (Wildman–Crippen MR) is 87.4 cm³/mol. The van der Waals surface area contributed by atoms with E-state index in [1.165, 1.54) is 7.05 Å². The molecule has 0 saturated carbocycles. The maximum atomic E-state index is 11.9. The Kier molecular flexibility index (Phi) is 5.79. The molecule has 3 amide bonds. The quantitative estimate of drug-likeness (QED) is 0.797. The second kappa shape index (κ2) is 7.15. The van der Waals surface area contributed by atoms with Gasteiger partial charge in [0.25, 0.3) is 0 Å². The van der Waals surface area contributed by atoms with Crippen LogP contribution in [0, 0.1) is 0 Å². The van der Waals surface area contributed by atoms with Gasteiger partial charge >= 0.3 is 6.03 Å². The summed E-state index contributed by atoms with van der Waals surface area (Å²) in [4.78, 5) is 23.1. The van der Waals surface area contributed by atoms with Gasteiger partial charge in [-0.1, -0.05) is 26.8 Å². The molecule has 22 heavy (non-hydrogen) atoms. The van der Waals surface area contributed by atoms with Gasteiger partial charge in [0.15, 0.2) is 0 Å². The van der Waals surface area contributed by atoms with E-state index in [1.54, 1.807) is 14.0 Å². The fraction of sp³-hybridized carbons (Fsp3) is 0.500. The van der Waals surface area contributed by atoms with Crippen molar-refractivity contribution in [2.45, 2.75) is 39.2 Å². The summed E-state index contributed by atoms with van der Waals surface area (Å²) >= 11 is 0. The van der Waals surface area contributed by atoms with Crippen LogP contribution in [0.25, 0.3) is 0 Å². The number of carbonyl (C=O) groups is 2. The smallest absolute Gasteiger partial charge is 0.321 e. The minimum Gasteiger partial charge on any atom is -0.495 e. The fourth-order valence-corrected chi connectivity index (χ4v) is 1.87. The van der Waals surface area contributed by atoms with Crippen LogP contribution in [-0.4, -0.2) is 32.1 Å². The van der Waals surface area contributed by atoms with Crippen molar-refractivity contribution in [2.75, 3.05) is 19.5 Å². The number of carbonyl (C=O) groups excluding carboxylic acids is 2. The monoisotopic (exact) mass is 307 g/mol. The Bertz CT molecular complexity index is 550. The normalized spacial score (nSPS) is 12.3. The third-order valence-electron chi connectivity index (χ3n) is 3.29. The number of methoxy groups -OCH3 is 1. The molecule has 1 atom stereocenters. The van der Waals surface area contributed by atoms with Crippen LogP contribution in [0.3, 0.4) is 0 Å². The highest BCUT2D eigenvalue weighted by Crippen LogP contribution is 2.31. The first-order chi connectivity index (χ1) is 10.2. The third kappa shape index (κ3) is 4.65. The molecular weight excluding hydrogens is 282 g/mol. The minimum absolute atomic E-state index is 0.0176. The number of amides is 3. The van der Waals surface area contributed by atoms with Crippen molar-refractivity contribution < 1.29 is 14.3 Å². The van der Waals surface area contributed by atoms with Crippen molar-refractivity contribution in [2.24, 2.45) is 0 Å². The lowest BCUT2D eigenvalue weighted by Crippen LogP contribution is -2.44. The Morgan fingerprint density at radius 1 is 1.23 bits per heavy atom. The van der Waals surface area contributed by atoms with Crippen LogP contribution in [0.5, 0.6) is 5.75 Å². The standard InChI is InChI=1S/C16H25N3O3/c1-10(14(20)19-15(21)17-5)18-12-9-11(16(2,3)4)7-8-13(12)22-6/h7-10,18H,1-6H3,(H2,17,19,20,21). The summed E-state index contributed by atoms with van der Waals surface area (Å²) in [5, 5.41) is 7.67. The van der Waals surface area contributed by atoms with Crippen LogP contribution in [0.4, 0.5) is 10.5 Å². The van der Waals surface area contributed by atoms with E-state index >= 15 is 0 Å². The number of rotatable bonds is 4. The maximum absolute atomic E-state index is 11.9. The van der Waals surface area contributed by atoms with E-state index < -0.39 is 18.0 Å². The topological polar surface area (TPSA) is 79.5 Å². The average molecular weight is 307 g/mol. The molecule has 3 N–H and O–H groups in total. The summed E-state index contributed by atoms with van der Waals surface area (Å²) in [6.07, 6.45) is 0. The van der Waals surface area contributed by atoms with Crippen LogP contribution in [-0.2, 0) is 10.2 Å². The van der Waals surface area contributed by atoms with Gasteiger partial charge in [-0.3, -0.25) is 10.1 Å². The molecule has 1 aromatic rings. The second-order valence-corrected chi connectivity index (χ2v) is 6.10. The molecule has 1 aromatic carbocycles. The van der Waals surface area contributed by atoms with Gasteiger partial charge in [0.2, 0.25) is 5.91 Å². The van der Waals surface area contributed by atoms with E-state index in [-0.39, 0.29) is 5.41 Å². The SMILES string of the molecule is CNC(=O)NC(=O)C(C)Nc1cc(C(C)(C)C)ccc1OC. The van der Waals surface area contributed by atoms with Crippen molar-refractivity contribution in [1.29, 1.82) is 0 Å². The van der Waals surface area contributed by atoms with Crippen molar-refractivity contribution in [3.8, 4) is 5.75 Å². The molecular formula is C16H25N3O3. The van der Waals surface area contributed by atoms with Crippen molar-refractivity contribution >= 4 is 17.6 Å². The number of anilines is 1. The summed E-state index contributed by atoms with van der Waals surface area (Å²) in [6, 6.07) is 4.71. The van der Waals surface area contributed by atoms with E-state index in [9.17, 15) is 9.59 Å². The van der Waals surface area contributed by atoms with E-state index in [1.807, 2.05) is 18.2 Å². The third-order valence-corrected chi connectivity index (χ3v) is 3.29. The number of hydrogen-bond acceptors (Lipinski definition) is 4. The number of urea groups is 1. The Labute approximate surface area is 131 Å². The molecule has 0 saturated heterocycles. The fourth-order valence-electron chi connectivity index (χ4n) is 1.87. The largest absolute Gasteiger partial charge is 0.495 e. The molecule has 1 rings (SSSR count). The van der Waals surface area contributed by atoms with Crippen LogP contribution in [0.1, 0.15) is 33.3 Å². The molecule has 0 aliphatic heterocycles. The zero-order chi connectivity index (χ0) is 16.9. The molecule has 0 aliphatic rings. The second-order valence-electron chi connectivity index (χ2n) is 6.10. The molecule has 0 aliphatic carbocycles. The van der Waals surface area contributed by atoms with Crippen molar-refractivity contribution in [3.63, 3.8) is 0 Å². The van der Waals surface area contributed by atoms with Gasteiger partial charge in [0.1, 0.15) is 11.8 Å². The highest BCUT2D eigenvalue weighted by Gasteiger charge is 2.19. The summed E-state index contributed by atoms with van der Waals surface area (Å²) in [6.45, 7) is 8.02. The summed E-state index contributed by atoms with van der Waals surface area (Å²) in [5.41, 5.74) is 1.82. The molecule has 0 spiro atoms. The molecule has 122 valence electrons. The molecule has 6 heteroatoms. The average Bonchev–Trinajstić information content (AvgIpc) is 2.45. The van der Waals surface area contributed by atoms with Crippen LogP contribution in [0.2, 0.25) is 0 Å². The number of hydrogen-bond donors (Lipinski definition) is 3. The molecule has 0 bridgehead atoms. The highest BCUT2D eigenvalue weighted by molar-refractivity contribution is 5.98. The lowest BCUT2D eigenvalue weighted by atomic mass is 9.86. The van der Waals surface area contributed by atoms with Crippen molar-refractivity contribution in [1.82, 2.24) is 10.6 Å². The van der Waals surface area contributed by atoms with E-state index in [0.717, 1.165) is 11.3 Å². The van der Waals surface area contributed by atoms with Gasteiger partial charge in [-0.2, -0.15) is 0 Å². The Balaban J connectivity index is 2.95. The highest BCUT2D eigenvalue weighted by atomic mass is 16.5. The van der Waals surface area contributed by atoms with Gasteiger partial charge in [0.05, 0.1) is 12.8 Å². The summed E-state index contributed by atoms with van der Waals surface area (Å²) < 4.78 is 5.32. The van der Waals surface area contributed by atoms with Crippen molar-refractivity contribution in [3.05, 3.63) is 23.8 Å². The lowest BCUT2D eigenvalue weighted by molar-refractivity contribution is -0.120. The van der Waals surface area contributed by atoms with Gasteiger partial charge in [0, 0.05) is 7.05 Å². The molecule has 0 radical (unpaired) electrons. The molecule has 0 heterocycles. The van der Waals surface area contributed by atoms with E-state index in [0.29, 0.717) is 5.75 Å². The molecule has 0 aromatic heterocycles. The zero-order valence-electron chi connectivity index (χ0n) is 14.0. The van der Waals surface area contributed by atoms with E-state index in [2.05, 4.69) is 36.7 Å². The van der Waals surface area contributed by atoms with Gasteiger partial charge in [-0.25, -0.2) is 4.79 Å². The van der Waals surface area contributed by atoms with Crippen LogP contribution in [0.15, 0.2) is 18.2 Å². The number of imide groups is 1. The zero-order valence-corrected chi connectivity index (χ0v) is 14.0. The van der Waals surface area contributed by atoms with E-state index in [4.69, 9.17) is 4.74 Å². The Morgan fingerprint density at radius 2 is 1.86 bits per heavy atom. The van der Waals surface area contributed by atoms with Gasteiger partial charge < -0.3 is 15.4 Å². The summed E-state index contributed by atoms with van der Waals surface area (Å²) in [5.74, 6) is 0.232. The first-order valence-corrected chi connectivity index (χ1v) is 7.16. The number of nitrogens with one attached hydrogen (secondary N) is 3.